The van der Waals surface area contributed by atoms with Crippen LogP contribution in [0.2, 0.25) is 0 Å². The van der Waals surface area contributed by atoms with Crippen LogP contribution in [0, 0.1) is 0 Å². The molecule has 0 saturated carbocycles. The molecule has 1 atom stereocenters. The quantitative estimate of drug-likeness (QED) is 0.0262. The largest absolute Gasteiger partial charge is 0.462 e. The van der Waals surface area contributed by atoms with Crippen LogP contribution in [0.5, 0.6) is 0 Å². The highest BCUT2D eigenvalue weighted by molar-refractivity contribution is 5.71. The van der Waals surface area contributed by atoms with Gasteiger partial charge in [0, 0.05) is 19.3 Å². The van der Waals surface area contributed by atoms with Crippen molar-refractivity contribution in [1.29, 1.82) is 0 Å². The normalized spacial score (nSPS) is 12.6. The molecule has 0 aromatic carbocycles. The molecule has 0 amide bonds. The van der Waals surface area contributed by atoms with Crippen molar-refractivity contribution in [3.8, 4) is 0 Å². The topological polar surface area (TPSA) is 78.9 Å². The number of hydrogen-bond donors (Lipinski definition) is 0. The van der Waals surface area contributed by atoms with Crippen molar-refractivity contribution < 1.29 is 28.6 Å². The summed E-state index contributed by atoms with van der Waals surface area (Å²) in [6, 6.07) is 0. The Morgan fingerprint density at radius 1 is 0.294 bits per heavy atom. The van der Waals surface area contributed by atoms with Crippen molar-refractivity contribution in [2.24, 2.45) is 0 Å². The second-order valence-corrected chi connectivity index (χ2v) is 19.2. The SMILES string of the molecule is CCCC/C=C\C/C=C\CCCCCCCC(=O)OCC(COC(=O)CCCCCCCCCCC/C=C\C/C=C\CCCCC)OC(=O)CCCCCCCCC/C=C\C/C=C\CCCCC. The number of rotatable bonds is 52. The minimum Gasteiger partial charge on any atom is -0.462 e. The van der Waals surface area contributed by atoms with Crippen LogP contribution in [0.4, 0.5) is 0 Å². The van der Waals surface area contributed by atoms with Crippen molar-refractivity contribution in [2.45, 2.75) is 290 Å². The second kappa shape index (κ2) is 56.4. The molecule has 0 N–H and O–H groups in total. The van der Waals surface area contributed by atoms with Crippen LogP contribution in [0.3, 0.4) is 0 Å². The first-order chi connectivity index (χ1) is 33.5. The van der Waals surface area contributed by atoms with E-state index in [1.807, 2.05) is 0 Å². The van der Waals surface area contributed by atoms with Crippen molar-refractivity contribution in [2.75, 3.05) is 13.2 Å². The van der Waals surface area contributed by atoms with E-state index in [-0.39, 0.29) is 31.1 Å². The lowest BCUT2D eigenvalue weighted by Crippen LogP contribution is -2.30. The molecule has 0 rings (SSSR count). The van der Waals surface area contributed by atoms with Gasteiger partial charge in [-0.1, -0.05) is 229 Å². The summed E-state index contributed by atoms with van der Waals surface area (Å²) in [5.41, 5.74) is 0. The maximum atomic E-state index is 12.9. The van der Waals surface area contributed by atoms with Crippen molar-refractivity contribution in [3.05, 3.63) is 72.9 Å². The molecule has 1 unspecified atom stereocenters. The molecular weight excluding hydrogens is 841 g/mol. The van der Waals surface area contributed by atoms with E-state index in [1.54, 1.807) is 0 Å². The van der Waals surface area contributed by atoms with E-state index < -0.39 is 6.10 Å². The van der Waals surface area contributed by atoms with Crippen molar-refractivity contribution in [1.82, 2.24) is 0 Å². The predicted octanol–water partition coefficient (Wildman–Crippen LogP) is 19.4. The second-order valence-electron chi connectivity index (χ2n) is 19.2. The highest BCUT2D eigenvalue weighted by Crippen LogP contribution is 2.15. The highest BCUT2D eigenvalue weighted by atomic mass is 16.6. The van der Waals surface area contributed by atoms with E-state index in [2.05, 4.69) is 93.7 Å². The maximum Gasteiger partial charge on any atom is 0.306 e. The zero-order chi connectivity index (χ0) is 49.3. The number of carbonyl (C=O) groups is 3. The number of allylic oxidation sites excluding steroid dienone is 12. The Labute approximate surface area is 421 Å². The first kappa shape index (κ1) is 64.8. The van der Waals surface area contributed by atoms with Gasteiger partial charge in [0.2, 0.25) is 0 Å². The van der Waals surface area contributed by atoms with E-state index >= 15 is 0 Å². The lowest BCUT2D eigenvalue weighted by atomic mass is 10.1. The number of unbranched alkanes of at least 4 members (excludes halogenated alkanes) is 29. The minimum atomic E-state index is -0.788. The van der Waals surface area contributed by atoms with Crippen LogP contribution in [0.25, 0.3) is 0 Å². The number of hydrogen-bond acceptors (Lipinski definition) is 6. The summed E-state index contributed by atoms with van der Waals surface area (Å²) in [4.78, 5) is 38.2. The van der Waals surface area contributed by atoms with Gasteiger partial charge in [0.15, 0.2) is 6.10 Å². The smallest absolute Gasteiger partial charge is 0.306 e. The Bertz CT molecular complexity index is 1270. The van der Waals surface area contributed by atoms with Gasteiger partial charge in [0.05, 0.1) is 0 Å². The van der Waals surface area contributed by atoms with Crippen molar-refractivity contribution in [3.63, 3.8) is 0 Å². The molecule has 0 heterocycles. The molecule has 392 valence electrons. The summed E-state index contributed by atoms with van der Waals surface area (Å²) < 4.78 is 16.9. The Morgan fingerprint density at radius 2 is 0.544 bits per heavy atom. The zero-order valence-corrected chi connectivity index (χ0v) is 44.9. The van der Waals surface area contributed by atoms with E-state index in [4.69, 9.17) is 14.2 Å². The molecule has 0 aliphatic rings. The molecular formula is C62H108O6. The van der Waals surface area contributed by atoms with Crippen LogP contribution in [0.15, 0.2) is 72.9 Å². The average Bonchev–Trinajstić information content (AvgIpc) is 3.34. The van der Waals surface area contributed by atoms with Gasteiger partial charge in [-0.3, -0.25) is 14.4 Å². The van der Waals surface area contributed by atoms with Gasteiger partial charge in [-0.2, -0.15) is 0 Å². The minimum absolute atomic E-state index is 0.0850. The molecule has 0 aromatic rings. The maximum absolute atomic E-state index is 12.9. The molecule has 0 aromatic heterocycles. The zero-order valence-electron chi connectivity index (χ0n) is 44.9. The molecule has 0 fully saturated rings. The Kier molecular flexibility index (Phi) is 53.8. The number of ether oxygens (including phenoxy) is 3. The van der Waals surface area contributed by atoms with Crippen LogP contribution in [-0.2, 0) is 28.6 Å². The summed E-state index contributed by atoms with van der Waals surface area (Å²) in [5, 5.41) is 0. The Hall–Kier alpha value is -3.15. The van der Waals surface area contributed by atoms with Gasteiger partial charge < -0.3 is 14.2 Å². The predicted molar refractivity (Wildman–Crippen MR) is 293 cm³/mol. The summed E-state index contributed by atoms with van der Waals surface area (Å²) in [6.07, 6.45) is 71.7. The van der Waals surface area contributed by atoms with Gasteiger partial charge in [0.25, 0.3) is 0 Å². The van der Waals surface area contributed by atoms with E-state index in [0.717, 1.165) is 96.3 Å². The third kappa shape index (κ3) is 53.8. The molecule has 68 heavy (non-hydrogen) atoms. The van der Waals surface area contributed by atoms with Crippen molar-refractivity contribution >= 4 is 17.9 Å². The van der Waals surface area contributed by atoms with Crippen LogP contribution < -0.4 is 0 Å². The van der Waals surface area contributed by atoms with Gasteiger partial charge in [-0.25, -0.2) is 0 Å². The summed E-state index contributed by atoms with van der Waals surface area (Å²) in [6.45, 7) is 6.55. The molecule has 0 bridgehead atoms. The lowest BCUT2D eigenvalue weighted by Gasteiger charge is -2.18. The summed E-state index contributed by atoms with van der Waals surface area (Å²) in [7, 11) is 0. The molecule has 0 spiro atoms. The first-order valence-electron chi connectivity index (χ1n) is 28.9. The fourth-order valence-electron chi connectivity index (χ4n) is 7.99. The first-order valence-corrected chi connectivity index (χ1v) is 28.9. The van der Waals surface area contributed by atoms with E-state index in [1.165, 1.54) is 148 Å². The fraction of sp³-hybridized carbons (Fsp3) is 0.758. The monoisotopic (exact) mass is 949 g/mol. The summed E-state index contributed by atoms with van der Waals surface area (Å²) in [5.74, 6) is -0.903. The standard InChI is InChI=1S/C62H108O6/c1-4-7-10-13-16-19-22-25-28-30-31-33-34-37-40-43-46-49-52-55-61(64)67-58-59(57-66-60(63)54-51-48-45-42-39-36-27-24-21-18-15-12-9-6-3)68-62(65)56-53-50-47-44-41-38-35-32-29-26-23-20-17-14-11-8-5-2/h15-20,24-29,59H,4-14,21-23,30-58H2,1-3H3/b18-15-,19-16-,20-17-,27-24-,28-25-,29-26-. The van der Waals surface area contributed by atoms with Crippen LogP contribution in [0.1, 0.15) is 284 Å². The lowest BCUT2D eigenvalue weighted by molar-refractivity contribution is -0.167. The third-order valence-corrected chi connectivity index (χ3v) is 12.4. The van der Waals surface area contributed by atoms with E-state index in [0.29, 0.717) is 19.3 Å². The molecule has 6 heteroatoms. The molecule has 0 aliphatic heterocycles. The average molecular weight is 950 g/mol. The van der Waals surface area contributed by atoms with Gasteiger partial charge in [-0.05, 0) is 109 Å². The molecule has 0 aliphatic carbocycles. The van der Waals surface area contributed by atoms with E-state index in [9.17, 15) is 14.4 Å². The number of carbonyl (C=O) groups excluding carboxylic acids is 3. The van der Waals surface area contributed by atoms with Gasteiger partial charge in [-0.15, -0.1) is 0 Å². The third-order valence-electron chi connectivity index (χ3n) is 12.4. The fourth-order valence-corrected chi connectivity index (χ4v) is 7.99. The summed E-state index contributed by atoms with van der Waals surface area (Å²) >= 11 is 0. The molecule has 6 nitrogen and oxygen atoms in total. The van der Waals surface area contributed by atoms with Gasteiger partial charge >= 0.3 is 17.9 Å². The molecule has 0 saturated heterocycles. The Morgan fingerprint density at radius 3 is 0.853 bits per heavy atom. The van der Waals surface area contributed by atoms with Crippen LogP contribution in [-0.4, -0.2) is 37.2 Å². The highest BCUT2D eigenvalue weighted by Gasteiger charge is 2.19. The van der Waals surface area contributed by atoms with Crippen LogP contribution >= 0.6 is 0 Å². The number of esters is 3. The molecule has 0 radical (unpaired) electrons. The Balaban J connectivity index is 4.40. The van der Waals surface area contributed by atoms with Gasteiger partial charge in [0.1, 0.15) is 13.2 Å².